The highest BCUT2D eigenvalue weighted by Gasteiger charge is 2.22. The van der Waals surface area contributed by atoms with Crippen LogP contribution in [0, 0.1) is 0 Å². The van der Waals surface area contributed by atoms with E-state index in [1.54, 1.807) is 24.8 Å². The second-order valence-corrected chi connectivity index (χ2v) is 6.97. The predicted molar refractivity (Wildman–Crippen MR) is 86.4 cm³/mol. The maximum absolute atomic E-state index is 11.8. The molecule has 6 nitrogen and oxygen atoms in total. The molecule has 3 rings (SSSR count). The molecule has 2 heterocycles. The van der Waals surface area contributed by atoms with Crippen LogP contribution >= 0.6 is 0 Å². The molecule has 0 radical (unpaired) electrons. The molecule has 120 valence electrons. The lowest BCUT2D eigenvalue weighted by atomic mass is 10.1. The highest BCUT2D eigenvalue weighted by Crippen LogP contribution is 2.38. The summed E-state index contributed by atoms with van der Waals surface area (Å²) in [5.41, 5.74) is 2.29. The van der Waals surface area contributed by atoms with E-state index in [2.05, 4.69) is 0 Å². The van der Waals surface area contributed by atoms with Gasteiger partial charge in [0.1, 0.15) is 22.8 Å². The third-order valence-electron chi connectivity index (χ3n) is 3.61. The van der Waals surface area contributed by atoms with Crippen molar-refractivity contribution in [2.75, 3.05) is 20.5 Å². The van der Waals surface area contributed by atoms with Crippen LogP contribution in [0.15, 0.2) is 48.9 Å². The minimum absolute atomic E-state index is 0.649. The molecule has 0 N–H and O–H groups in total. The number of nitrogens with zero attached hydrogens (tertiary/aromatic N) is 2. The average molecular weight is 333 g/mol. The molecule has 2 aromatic heterocycles. The minimum atomic E-state index is -3.36. The Kier molecular flexibility index (Phi) is 3.73. The van der Waals surface area contributed by atoms with Crippen molar-refractivity contribution in [3.63, 3.8) is 0 Å². The van der Waals surface area contributed by atoms with Gasteiger partial charge in [-0.05, 0) is 24.3 Å². The van der Waals surface area contributed by atoms with Crippen molar-refractivity contribution >= 4 is 15.5 Å². The Hall–Kier alpha value is -2.54. The third kappa shape index (κ3) is 2.63. The number of rotatable bonds is 4. The van der Waals surface area contributed by atoms with Gasteiger partial charge in [0.05, 0.1) is 20.5 Å². The van der Waals surface area contributed by atoms with E-state index in [9.17, 15) is 8.42 Å². The normalized spacial score (nSPS) is 11.6. The zero-order valence-electron chi connectivity index (χ0n) is 13.1. The van der Waals surface area contributed by atoms with Crippen LogP contribution in [0.1, 0.15) is 0 Å². The summed E-state index contributed by atoms with van der Waals surface area (Å²) in [6.45, 7) is 0. The first-order valence-electron chi connectivity index (χ1n) is 6.90. The zero-order chi connectivity index (χ0) is 16.6. The number of aromatic nitrogens is 2. The van der Waals surface area contributed by atoms with Gasteiger partial charge < -0.3 is 9.47 Å². The molecule has 7 heteroatoms. The highest BCUT2D eigenvalue weighted by atomic mass is 32.2. The van der Waals surface area contributed by atoms with E-state index in [0.717, 1.165) is 23.0 Å². The lowest BCUT2D eigenvalue weighted by Gasteiger charge is -2.11. The fourth-order valence-electron chi connectivity index (χ4n) is 2.54. The van der Waals surface area contributed by atoms with E-state index in [1.165, 1.54) is 10.3 Å². The van der Waals surface area contributed by atoms with E-state index in [1.807, 2.05) is 36.4 Å². The summed E-state index contributed by atoms with van der Waals surface area (Å²) < 4.78 is 37.5. The van der Waals surface area contributed by atoms with Crippen LogP contribution < -0.4 is 13.4 Å². The number of pyridine rings is 1. The van der Waals surface area contributed by atoms with Crippen molar-refractivity contribution < 1.29 is 21.9 Å². The van der Waals surface area contributed by atoms with Crippen molar-refractivity contribution in [1.82, 2.24) is 4.40 Å². The highest BCUT2D eigenvalue weighted by molar-refractivity contribution is 7.84. The number of hydrogen-bond acceptors (Lipinski definition) is 4. The van der Waals surface area contributed by atoms with Crippen LogP contribution in [0.2, 0.25) is 0 Å². The van der Waals surface area contributed by atoms with Crippen molar-refractivity contribution in [2.45, 2.75) is 0 Å². The van der Waals surface area contributed by atoms with Gasteiger partial charge in [0.15, 0.2) is 11.7 Å². The summed E-state index contributed by atoms with van der Waals surface area (Å²) >= 11 is 0. The average Bonchev–Trinajstić information content (AvgIpc) is 2.98. The number of fused-ring (bicyclic) bond motifs is 1. The number of benzene rings is 1. The molecule has 0 fully saturated rings. The van der Waals surface area contributed by atoms with Gasteiger partial charge in [-0.2, -0.15) is 12.8 Å². The molecule has 0 saturated heterocycles. The number of ether oxygens (including phenoxy) is 2. The molecule has 0 aliphatic heterocycles. The fourth-order valence-corrected chi connectivity index (χ4v) is 3.10. The Balaban J connectivity index is 2.36. The molecule has 1 aromatic carbocycles. The molecule has 0 aliphatic carbocycles. The van der Waals surface area contributed by atoms with Gasteiger partial charge in [0, 0.05) is 0 Å². The first-order chi connectivity index (χ1) is 11.0. The number of methoxy groups -OCH3 is 2. The fraction of sp³-hybridized carbons (Fsp3) is 0.188. The largest absolute Gasteiger partial charge is 0.496 e. The quantitative estimate of drug-likeness (QED) is 0.682. The van der Waals surface area contributed by atoms with Crippen LogP contribution in [0.3, 0.4) is 0 Å². The molecule has 0 unspecified atom stereocenters. The van der Waals surface area contributed by atoms with Crippen molar-refractivity contribution in [2.24, 2.45) is 0 Å². The Morgan fingerprint density at radius 3 is 2.17 bits per heavy atom. The molecule has 0 saturated carbocycles. The Morgan fingerprint density at radius 1 is 1.00 bits per heavy atom. The van der Waals surface area contributed by atoms with Crippen LogP contribution in [-0.4, -0.2) is 33.3 Å². The van der Waals surface area contributed by atoms with Crippen molar-refractivity contribution in [3.8, 4) is 22.8 Å². The lowest BCUT2D eigenvalue weighted by Crippen LogP contribution is -2.39. The Bertz CT molecular complexity index is 955. The van der Waals surface area contributed by atoms with Gasteiger partial charge in [0.25, 0.3) is 6.33 Å². The van der Waals surface area contributed by atoms with Gasteiger partial charge in [-0.15, -0.1) is 3.97 Å². The first kappa shape index (κ1) is 15.4. The molecule has 0 spiro atoms. The van der Waals surface area contributed by atoms with Gasteiger partial charge in [-0.3, -0.25) is 0 Å². The van der Waals surface area contributed by atoms with Crippen LogP contribution in [0.5, 0.6) is 11.5 Å². The summed E-state index contributed by atoms with van der Waals surface area (Å²) in [4.78, 5) is 0. The maximum atomic E-state index is 11.8. The third-order valence-corrected chi connectivity index (χ3v) is 4.58. The molecular formula is C16H17N2O4S+. The molecule has 3 aromatic rings. The lowest BCUT2D eigenvalue weighted by molar-refractivity contribution is -0.508. The standard InChI is InChI=1S/C16H17N2O4S/c1-21-14-8-5-9-15(22-2)16(14)13-7-4-6-12-10-17(11-18(12)13)23(3,19)20/h4-11H,1-3H3/q+1. The molecule has 0 bridgehead atoms. The minimum Gasteiger partial charge on any atom is -0.496 e. The van der Waals surface area contributed by atoms with Gasteiger partial charge in [-0.1, -0.05) is 12.1 Å². The van der Waals surface area contributed by atoms with Crippen LogP contribution in [0.25, 0.3) is 16.8 Å². The molecule has 23 heavy (non-hydrogen) atoms. The maximum Gasteiger partial charge on any atom is 0.302 e. The van der Waals surface area contributed by atoms with Crippen molar-refractivity contribution in [3.05, 3.63) is 48.9 Å². The van der Waals surface area contributed by atoms with E-state index >= 15 is 0 Å². The van der Waals surface area contributed by atoms with E-state index in [4.69, 9.17) is 9.47 Å². The SMILES string of the molecule is COc1cccc(OC)c1-c1cccc2c[n+](S(C)(=O)=O)cn12. The molecule has 0 amide bonds. The van der Waals surface area contributed by atoms with Gasteiger partial charge in [0.2, 0.25) is 0 Å². The van der Waals surface area contributed by atoms with Crippen LogP contribution in [-0.2, 0) is 10.0 Å². The van der Waals surface area contributed by atoms with Gasteiger partial charge >= 0.3 is 10.0 Å². The second kappa shape index (κ2) is 5.58. The van der Waals surface area contributed by atoms with E-state index in [0.29, 0.717) is 11.5 Å². The van der Waals surface area contributed by atoms with Crippen molar-refractivity contribution in [1.29, 1.82) is 0 Å². The summed E-state index contributed by atoms with van der Waals surface area (Å²) in [6, 6.07) is 11.1. The molecule has 0 atom stereocenters. The molecular weight excluding hydrogens is 316 g/mol. The number of imidazole rings is 1. The summed E-state index contributed by atoms with van der Waals surface area (Å²) in [7, 11) is -0.186. The topological polar surface area (TPSA) is 60.9 Å². The summed E-state index contributed by atoms with van der Waals surface area (Å²) in [5, 5.41) is 0. The summed E-state index contributed by atoms with van der Waals surface area (Å²) in [5.74, 6) is 1.30. The monoisotopic (exact) mass is 333 g/mol. The number of hydrogen-bond donors (Lipinski definition) is 0. The Labute approximate surface area is 134 Å². The first-order valence-corrected chi connectivity index (χ1v) is 8.75. The smallest absolute Gasteiger partial charge is 0.302 e. The van der Waals surface area contributed by atoms with E-state index < -0.39 is 10.0 Å². The second-order valence-electron chi connectivity index (χ2n) is 5.08. The Morgan fingerprint density at radius 2 is 1.61 bits per heavy atom. The van der Waals surface area contributed by atoms with Crippen LogP contribution in [0.4, 0.5) is 0 Å². The predicted octanol–water partition coefficient (Wildman–Crippen LogP) is 1.72. The van der Waals surface area contributed by atoms with Gasteiger partial charge in [-0.25, -0.2) is 0 Å². The molecule has 0 aliphatic rings. The summed E-state index contributed by atoms with van der Waals surface area (Å²) in [6.07, 6.45) is 4.27. The van der Waals surface area contributed by atoms with E-state index in [-0.39, 0.29) is 0 Å². The zero-order valence-corrected chi connectivity index (χ0v) is 13.9.